The first-order valence-corrected chi connectivity index (χ1v) is 3.47. The third-order valence-electron chi connectivity index (χ3n) is 1.51. The molecule has 0 aromatic carbocycles. The quantitative estimate of drug-likeness (QED) is 0.282. The van der Waals surface area contributed by atoms with E-state index in [2.05, 4.69) is 0 Å². The molecule has 0 bridgehead atoms. The van der Waals surface area contributed by atoms with E-state index in [0.717, 1.165) is 0 Å². The average Bonchev–Trinajstić information content (AvgIpc) is 2.12. The molecule has 0 amide bonds. The Kier molecular flexibility index (Phi) is 14.2. The Morgan fingerprint density at radius 1 is 1.07 bits per heavy atom. The van der Waals surface area contributed by atoms with Gasteiger partial charge in [0.25, 0.3) is 0 Å². The average molecular weight is 286 g/mol. The third-order valence-corrected chi connectivity index (χ3v) is 1.51. The van der Waals surface area contributed by atoms with Gasteiger partial charge < -0.3 is 30.6 Å². The molecule has 4 atom stereocenters. The fourth-order valence-electron chi connectivity index (χ4n) is 0.668. The van der Waals surface area contributed by atoms with Crippen LogP contribution in [0.2, 0.25) is 0 Å². The van der Waals surface area contributed by atoms with E-state index in [1.54, 1.807) is 0 Å². The Balaban J connectivity index is -0.000000720. The molecule has 7 nitrogen and oxygen atoms in total. The maximum Gasteiger partial charge on any atom is 0 e. The fourth-order valence-corrected chi connectivity index (χ4v) is 0.668. The molecule has 15 heavy (non-hydrogen) atoms. The maximum atomic E-state index is 10.1. The minimum absolute atomic E-state index is 0. The summed E-state index contributed by atoms with van der Waals surface area (Å²) in [6.45, 7) is -0.843. The fraction of sp³-hybridized carbons (Fsp3) is 0.833. The summed E-state index contributed by atoms with van der Waals surface area (Å²) in [5.41, 5.74) is 0. The molecule has 0 unspecified atom stereocenters. The van der Waals surface area contributed by atoms with Crippen molar-refractivity contribution in [2.75, 3.05) is 6.61 Å². The van der Waals surface area contributed by atoms with Gasteiger partial charge in [0.15, 0.2) is 6.10 Å². The van der Waals surface area contributed by atoms with E-state index >= 15 is 0 Å². The van der Waals surface area contributed by atoms with E-state index in [0.29, 0.717) is 0 Å². The van der Waals surface area contributed by atoms with Crippen molar-refractivity contribution < 1.29 is 54.9 Å². The van der Waals surface area contributed by atoms with Gasteiger partial charge in [-0.25, -0.2) is 4.79 Å². The van der Waals surface area contributed by atoms with Gasteiger partial charge in [-0.1, -0.05) is 0 Å². The molecule has 0 aliphatic carbocycles. The maximum absolute atomic E-state index is 10.1. The monoisotopic (exact) mass is 284 g/mol. The predicted octanol–water partition coefficient (Wildman–Crippen LogP) is -4.14. The first-order valence-electron chi connectivity index (χ1n) is 3.47. The molecule has 82 valence electrons. The molecule has 0 heterocycles. The molecular weight excluding hydrogens is 272 g/mol. The second kappa shape index (κ2) is 10.1. The summed E-state index contributed by atoms with van der Waals surface area (Å²) in [6, 6.07) is 0. The van der Waals surface area contributed by atoms with Crippen molar-refractivity contribution in [3.05, 3.63) is 0 Å². The van der Waals surface area contributed by atoms with Gasteiger partial charge in [0, 0.05) is 19.5 Å². The van der Waals surface area contributed by atoms with Crippen LogP contribution in [0.25, 0.3) is 0 Å². The zero-order valence-electron chi connectivity index (χ0n) is 7.32. The summed E-state index contributed by atoms with van der Waals surface area (Å²) in [6.07, 6.45) is -7.84. The zero-order valence-corrected chi connectivity index (χ0v) is 10.3. The van der Waals surface area contributed by atoms with Crippen molar-refractivity contribution in [1.82, 2.24) is 0 Å². The summed E-state index contributed by atoms with van der Waals surface area (Å²) in [4.78, 5) is 10.1. The van der Waals surface area contributed by atoms with Gasteiger partial charge in [0.05, 0.1) is 6.61 Å². The second-order valence-electron chi connectivity index (χ2n) is 2.51. The van der Waals surface area contributed by atoms with Crippen molar-refractivity contribution in [2.24, 2.45) is 0 Å². The number of aliphatic hydroxyl groups is 5. The molecule has 0 saturated carbocycles. The van der Waals surface area contributed by atoms with E-state index in [4.69, 9.17) is 30.6 Å². The van der Waals surface area contributed by atoms with Crippen molar-refractivity contribution in [3.8, 4) is 0 Å². The number of rotatable bonds is 5. The molecule has 0 saturated heterocycles. The summed E-state index contributed by atoms with van der Waals surface area (Å²) >= 11 is 0. The van der Waals surface area contributed by atoms with Gasteiger partial charge >= 0.3 is 35.5 Å². The van der Waals surface area contributed by atoms with Crippen LogP contribution >= 0.6 is 0 Å². The summed E-state index contributed by atoms with van der Waals surface area (Å²) in [5, 5.41) is 51.8. The van der Waals surface area contributed by atoms with Crippen molar-refractivity contribution >= 4 is 35.5 Å². The van der Waals surface area contributed by atoms with Gasteiger partial charge in [-0.05, 0) is 0 Å². The number of hydrogen-bond acceptors (Lipinski definition) is 6. The molecule has 9 heteroatoms. The molecule has 0 spiro atoms. The van der Waals surface area contributed by atoms with Crippen LogP contribution in [0.4, 0.5) is 0 Å². The summed E-state index contributed by atoms with van der Waals surface area (Å²) < 4.78 is 0. The van der Waals surface area contributed by atoms with Crippen molar-refractivity contribution in [2.45, 2.75) is 24.4 Å². The number of aliphatic hydroxyl groups excluding tert-OH is 5. The Bertz CT molecular complexity index is 181. The van der Waals surface area contributed by atoms with Gasteiger partial charge in [0.1, 0.15) is 18.3 Å². The first-order chi connectivity index (χ1) is 5.91. The van der Waals surface area contributed by atoms with Crippen LogP contribution in [0.1, 0.15) is 0 Å². The number of carboxylic acids is 1. The summed E-state index contributed by atoms with van der Waals surface area (Å²) in [7, 11) is 0. The van der Waals surface area contributed by atoms with Crippen molar-refractivity contribution in [1.29, 1.82) is 0 Å². The zero-order chi connectivity index (χ0) is 10.6. The number of hydrogen-bond donors (Lipinski definition) is 6. The number of aliphatic carboxylic acids is 1. The number of carbonyl (C=O) groups is 1. The number of carboxylic acid groups (broad SMARTS) is 1. The topological polar surface area (TPSA) is 138 Å². The van der Waals surface area contributed by atoms with Gasteiger partial charge in [-0.3, -0.25) is 0 Å². The van der Waals surface area contributed by atoms with Crippen LogP contribution in [0.5, 0.6) is 0 Å². The Hall–Kier alpha value is 0.893. The molecular formula is C6H13NaO7Zn. The molecule has 0 rings (SSSR count). The van der Waals surface area contributed by atoms with Gasteiger partial charge in [-0.2, -0.15) is 0 Å². The molecule has 0 aromatic heterocycles. The minimum atomic E-state index is -2.20. The second-order valence-corrected chi connectivity index (χ2v) is 2.51. The Labute approximate surface area is 121 Å². The Morgan fingerprint density at radius 3 is 1.73 bits per heavy atom. The molecule has 0 aromatic rings. The Morgan fingerprint density at radius 2 is 1.47 bits per heavy atom. The molecule has 0 fully saturated rings. The largest absolute Gasteiger partial charge is 0 e. The van der Waals surface area contributed by atoms with Crippen LogP contribution in [0.3, 0.4) is 0 Å². The van der Waals surface area contributed by atoms with E-state index < -0.39 is 37.0 Å². The van der Waals surface area contributed by atoms with Crippen LogP contribution in [0.15, 0.2) is 0 Å². The SMILES string of the molecule is O=C(O)[C@H](O)[C@@H](O)[C@H](O)[C@H](O)CO.[NaH].[Zn]. The molecule has 0 aliphatic rings. The minimum Gasteiger partial charge on any atom is 0 e. The third kappa shape index (κ3) is 6.94. The van der Waals surface area contributed by atoms with Crippen LogP contribution < -0.4 is 0 Å². The van der Waals surface area contributed by atoms with Crippen LogP contribution in [-0.4, -0.2) is 97.2 Å². The predicted molar refractivity (Wildman–Crippen MR) is 45.9 cm³/mol. The molecule has 0 radical (unpaired) electrons. The van der Waals surface area contributed by atoms with E-state index in [1.807, 2.05) is 0 Å². The smallest absolute Gasteiger partial charge is 0 e. The van der Waals surface area contributed by atoms with Crippen LogP contribution in [-0.2, 0) is 24.3 Å². The van der Waals surface area contributed by atoms with E-state index in [1.165, 1.54) is 0 Å². The van der Waals surface area contributed by atoms with Crippen LogP contribution in [0, 0.1) is 0 Å². The van der Waals surface area contributed by atoms with Gasteiger partial charge in [0.2, 0.25) is 0 Å². The summed E-state index contributed by atoms with van der Waals surface area (Å²) in [5.74, 6) is -1.73. The van der Waals surface area contributed by atoms with E-state index in [9.17, 15) is 4.79 Å². The molecule has 0 aliphatic heterocycles. The normalized spacial score (nSPS) is 17.7. The van der Waals surface area contributed by atoms with Crippen molar-refractivity contribution in [3.63, 3.8) is 0 Å². The molecule has 6 N–H and O–H groups in total. The first kappa shape index (κ1) is 21.2. The standard InChI is InChI=1S/C6H12O7.Na.Zn.H/c7-1-2(8)3(9)4(10)5(11)6(12)13;;;/h2-5,7-11H,1H2,(H,12,13);;;/t2-,3-,4+,5-;;;/m1.../s1. The van der Waals surface area contributed by atoms with Gasteiger partial charge in [-0.15, -0.1) is 0 Å². The van der Waals surface area contributed by atoms with E-state index in [-0.39, 0.29) is 49.0 Å².